The molecule has 2 amide bonds. The van der Waals surface area contributed by atoms with Gasteiger partial charge >= 0.3 is 6.03 Å². The van der Waals surface area contributed by atoms with Crippen LogP contribution >= 0.6 is 11.6 Å². The Morgan fingerprint density at radius 1 is 1.54 bits per heavy atom. The standard InChI is InChI=1S/C17H21ClN4O2/c1-3-11(2)19-17(23)22-9-5-8-14(22)16-20-15(21-24-16)12-6-4-7-13(18)10-12/h4,6-7,10-11,14H,3,5,8-9H2,1-2H3,(H,19,23)/t11-,14-/m1/s1. The SMILES string of the molecule is CC[C@@H](C)NC(=O)N1CCC[C@@H]1c1nc(-c2cccc(Cl)c2)no1. The number of carbonyl (C=O) groups is 1. The van der Waals surface area contributed by atoms with Crippen LogP contribution in [0.25, 0.3) is 11.4 Å². The lowest BCUT2D eigenvalue weighted by molar-refractivity contribution is 0.177. The number of carbonyl (C=O) groups excluding carboxylic acids is 1. The highest BCUT2D eigenvalue weighted by atomic mass is 35.5. The molecule has 3 rings (SSSR count). The summed E-state index contributed by atoms with van der Waals surface area (Å²) in [5.74, 6) is 0.962. The van der Waals surface area contributed by atoms with Crippen LogP contribution in [-0.2, 0) is 0 Å². The van der Waals surface area contributed by atoms with E-state index in [1.54, 1.807) is 17.0 Å². The second-order valence-corrected chi connectivity index (χ2v) is 6.51. The van der Waals surface area contributed by atoms with Crippen molar-refractivity contribution in [2.75, 3.05) is 6.54 Å². The Morgan fingerprint density at radius 2 is 2.38 bits per heavy atom. The molecule has 2 heterocycles. The van der Waals surface area contributed by atoms with Gasteiger partial charge in [-0.05, 0) is 38.3 Å². The van der Waals surface area contributed by atoms with Gasteiger partial charge in [0.15, 0.2) is 0 Å². The maximum atomic E-state index is 12.4. The third-order valence-electron chi connectivity index (χ3n) is 4.31. The van der Waals surface area contributed by atoms with E-state index in [4.69, 9.17) is 16.1 Å². The zero-order chi connectivity index (χ0) is 17.1. The number of halogens is 1. The van der Waals surface area contributed by atoms with E-state index in [0.717, 1.165) is 24.8 Å². The van der Waals surface area contributed by atoms with Crippen LogP contribution in [0.15, 0.2) is 28.8 Å². The molecule has 1 aliphatic rings. The summed E-state index contributed by atoms with van der Waals surface area (Å²) in [6, 6.07) is 7.20. The van der Waals surface area contributed by atoms with Crippen LogP contribution in [0, 0.1) is 0 Å². The Labute approximate surface area is 146 Å². The molecule has 1 aliphatic heterocycles. The number of likely N-dealkylation sites (tertiary alicyclic amines) is 1. The van der Waals surface area contributed by atoms with Gasteiger partial charge in [0.25, 0.3) is 0 Å². The van der Waals surface area contributed by atoms with Gasteiger partial charge in [0, 0.05) is 23.2 Å². The van der Waals surface area contributed by atoms with E-state index in [-0.39, 0.29) is 18.1 Å². The summed E-state index contributed by atoms with van der Waals surface area (Å²) in [5.41, 5.74) is 0.797. The third-order valence-corrected chi connectivity index (χ3v) is 4.54. The van der Waals surface area contributed by atoms with Gasteiger partial charge in [-0.25, -0.2) is 4.79 Å². The summed E-state index contributed by atoms with van der Waals surface area (Å²) in [6.07, 6.45) is 2.64. The lowest BCUT2D eigenvalue weighted by Gasteiger charge is -2.24. The molecule has 24 heavy (non-hydrogen) atoms. The van der Waals surface area contributed by atoms with Crippen LogP contribution in [0.5, 0.6) is 0 Å². The molecule has 128 valence electrons. The Kier molecular flexibility index (Phi) is 5.04. The molecule has 0 bridgehead atoms. The minimum absolute atomic E-state index is 0.0747. The van der Waals surface area contributed by atoms with Gasteiger partial charge in [0.2, 0.25) is 11.7 Å². The Bertz CT molecular complexity index is 718. The first-order valence-electron chi connectivity index (χ1n) is 8.25. The lowest BCUT2D eigenvalue weighted by Crippen LogP contribution is -2.43. The molecule has 0 saturated carbocycles. The molecule has 1 N–H and O–H groups in total. The second-order valence-electron chi connectivity index (χ2n) is 6.08. The molecule has 0 radical (unpaired) electrons. The number of hydrogen-bond donors (Lipinski definition) is 1. The second kappa shape index (κ2) is 7.21. The van der Waals surface area contributed by atoms with Crippen molar-refractivity contribution in [1.29, 1.82) is 0 Å². The quantitative estimate of drug-likeness (QED) is 0.905. The molecule has 7 heteroatoms. The third kappa shape index (κ3) is 3.53. The van der Waals surface area contributed by atoms with Crippen LogP contribution in [0.2, 0.25) is 5.02 Å². The van der Waals surface area contributed by atoms with Crippen molar-refractivity contribution >= 4 is 17.6 Å². The van der Waals surface area contributed by atoms with Crippen molar-refractivity contribution in [3.63, 3.8) is 0 Å². The fraction of sp³-hybridized carbons (Fsp3) is 0.471. The van der Waals surface area contributed by atoms with Gasteiger partial charge in [0.05, 0.1) is 0 Å². The number of nitrogens with one attached hydrogen (secondary N) is 1. The largest absolute Gasteiger partial charge is 0.337 e. The van der Waals surface area contributed by atoms with Crippen molar-refractivity contribution in [2.45, 2.75) is 45.2 Å². The minimum atomic E-state index is -0.172. The molecule has 0 spiro atoms. The van der Waals surface area contributed by atoms with E-state index in [1.807, 2.05) is 26.0 Å². The molecule has 0 aliphatic carbocycles. The fourth-order valence-corrected chi connectivity index (χ4v) is 2.97. The van der Waals surface area contributed by atoms with Crippen molar-refractivity contribution < 1.29 is 9.32 Å². The maximum absolute atomic E-state index is 12.4. The zero-order valence-corrected chi connectivity index (χ0v) is 14.6. The number of urea groups is 1. The molecule has 1 saturated heterocycles. The summed E-state index contributed by atoms with van der Waals surface area (Å²) in [5, 5.41) is 7.66. The van der Waals surface area contributed by atoms with Crippen LogP contribution in [0.4, 0.5) is 4.79 Å². The number of amides is 2. The highest BCUT2D eigenvalue weighted by molar-refractivity contribution is 6.30. The number of nitrogens with zero attached hydrogens (tertiary/aromatic N) is 3. The predicted molar refractivity (Wildman–Crippen MR) is 91.7 cm³/mol. The van der Waals surface area contributed by atoms with E-state index in [9.17, 15) is 4.79 Å². The first-order chi connectivity index (χ1) is 11.6. The molecule has 1 aromatic carbocycles. The lowest BCUT2D eigenvalue weighted by atomic mass is 10.2. The van der Waals surface area contributed by atoms with E-state index >= 15 is 0 Å². The highest BCUT2D eigenvalue weighted by Crippen LogP contribution is 2.32. The average Bonchev–Trinajstić information content (AvgIpc) is 3.23. The minimum Gasteiger partial charge on any atom is -0.337 e. The molecule has 0 unspecified atom stereocenters. The number of benzene rings is 1. The summed E-state index contributed by atoms with van der Waals surface area (Å²) in [4.78, 5) is 18.7. The summed E-state index contributed by atoms with van der Waals surface area (Å²) in [6.45, 7) is 4.73. The smallest absolute Gasteiger partial charge is 0.318 e. The fourth-order valence-electron chi connectivity index (χ4n) is 2.78. The average molecular weight is 349 g/mol. The molecule has 1 aromatic heterocycles. The number of aromatic nitrogens is 2. The van der Waals surface area contributed by atoms with Crippen LogP contribution < -0.4 is 5.32 Å². The molecule has 2 aromatic rings. The summed E-state index contributed by atoms with van der Waals surface area (Å²) >= 11 is 6.01. The molecular weight excluding hydrogens is 328 g/mol. The van der Waals surface area contributed by atoms with Crippen molar-refractivity contribution in [1.82, 2.24) is 20.4 Å². The normalized spacial score (nSPS) is 18.6. The van der Waals surface area contributed by atoms with Gasteiger partial charge < -0.3 is 14.7 Å². The summed E-state index contributed by atoms with van der Waals surface area (Å²) in [7, 11) is 0. The van der Waals surface area contributed by atoms with Crippen molar-refractivity contribution in [2.24, 2.45) is 0 Å². The molecule has 2 atom stereocenters. The molecule has 1 fully saturated rings. The van der Waals surface area contributed by atoms with Gasteiger partial charge in [0.1, 0.15) is 6.04 Å². The highest BCUT2D eigenvalue weighted by Gasteiger charge is 2.34. The van der Waals surface area contributed by atoms with Gasteiger partial charge in [-0.2, -0.15) is 4.98 Å². The van der Waals surface area contributed by atoms with Crippen molar-refractivity contribution in [3.8, 4) is 11.4 Å². The Balaban J connectivity index is 1.77. The van der Waals surface area contributed by atoms with E-state index in [2.05, 4.69) is 15.5 Å². The Morgan fingerprint density at radius 3 is 3.12 bits per heavy atom. The van der Waals surface area contributed by atoms with Gasteiger partial charge in [-0.15, -0.1) is 0 Å². The van der Waals surface area contributed by atoms with Gasteiger partial charge in [-0.1, -0.05) is 35.8 Å². The predicted octanol–water partition coefficient (Wildman–Crippen LogP) is 4.04. The zero-order valence-electron chi connectivity index (χ0n) is 13.8. The van der Waals surface area contributed by atoms with E-state index in [0.29, 0.717) is 23.3 Å². The molecular formula is C17H21ClN4O2. The monoisotopic (exact) mass is 348 g/mol. The van der Waals surface area contributed by atoms with Crippen LogP contribution in [0.3, 0.4) is 0 Å². The van der Waals surface area contributed by atoms with Crippen LogP contribution in [-0.4, -0.2) is 33.7 Å². The van der Waals surface area contributed by atoms with Crippen LogP contribution in [0.1, 0.15) is 45.0 Å². The first-order valence-corrected chi connectivity index (χ1v) is 8.63. The van der Waals surface area contributed by atoms with Crippen molar-refractivity contribution in [3.05, 3.63) is 35.2 Å². The first kappa shape index (κ1) is 16.8. The van der Waals surface area contributed by atoms with E-state index < -0.39 is 0 Å². The topological polar surface area (TPSA) is 71.3 Å². The molecule has 6 nitrogen and oxygen atoms in total. The summed E-state index contributed by atoms with van der Waals surface area (Å²) < 4.78 is 5.43. The Hall–Kier alpha value is -2.08. The van der Waals surface area contributed by atoms with E-state index in [1.165, 1.54) is 0 Å². The number of rotatable bonds is 4. The van der Waals surface area contributed by atoms with Gasteiger partial charge in [-0.3, -0.25) is 0 Å². The maximum Gasteiger partial charge on any atom is 0.318 e. The number of hydrogen-bond acceptors (Lipinski definition) is 4.